The maximum atomic E-state index is 14.4. The van der Waals surface area contributed by atoms with Gasteiger partial charge in [0.05, 0.1) is 49.7 Å². The SMILES string of the molecule is COC[C@@H]1[C@@H]2CN(C(=O)[C@H](C(C)(C)C)CC(=O)O[C@]3(C)CC4CC4[C@H]3CCCCCc3nc4ccc(OC)cc4nc3O2)[C@@H]1C=O. The molecule has 3 heterocycles. The first-order chi connectivity index (χ1) is 22.0. The number of nitrogens with zero attached hydrogens (tertiary/aromatic N) is 3. The molecule has 46 heavy (non-hydrogen) atoms. The Hall–Kier alpha value is -3.27. The number of benzene rings is 1. The Morgan fingerprint density at radius 2 is 1.91 bits per heavy atom. The maximum absolute atomic E-state index is 14.4. The topological polar surface area (TPSA) is 117 Å². The number of rotatable bonds is 4. The highest BCUT2D eigenvalue weighted by molar-refractivity contribution is 5.87. The van der Waals surface area contributed by atoms with Crippen molar-refractivity contribution in [1.82, 2.24) is 14.9 Å². The van der Waals surface area contributed by atoms with Crippen LogP contribution < -0.4 is 9.47 Å². The van der Waals surface area contributed by atoms with Crippen molar-refractivity contribution < 1.29 is 33.3 Å². The fraction of sp³-hybridized carbons (Fsp3) is 0.694. The molecule has 10 nitrogen and oxygen atoms in total. The van der Waals surface area contributed by atoms with Crippen LogP contribution in [0.1, 0.15) is 78.3 Å². The molecule has 2 unspecified atom stereocenters. The van der Waals surface area contributed by atoms with Gasteiger partial charge in [-0.1, -0.05) is 33.6 Å². The summed E-state index contributed by atoms with van der Waals surface area (Å²) in [6.45, 7) is 8.36. The van der Waals surface area contributed by atoms with Crippen LogP contribution in [0.2, 0.25) is 0 Å². The Bertz CT molecular complexity index is 1470. The molecule has 0 spiro atoms. The van der Waals surface area contributed by atoms with Crippen LogP contribution in [0.25, 0.3) is 11.0 Å². The largest absolute Gasteiger partial charge is 0.497 e. The van der Waals surface area contributed by atoms with Gasteiger partial charge in [0, 0.05) is 25.0 Å². The molecule has 1 aromatic carbocycles. The minimum atomic E-state index is -0.777. The summed E-state index contributed by atoms with van der Waals surface area (Å²) in [5.74, 6) is 0.945. The van der Waals surface area contributed by atoms with Gasteiger partial charge in [0.25, 0.3) is 0 Å². The molecule has 1 aromatic heterocycles. The number of aromatic nitrogens is 2. The van der Waals surface area contributed by atoms with Crippen LogP contribution in [0.5, 0.6) is 11.6 Å². The average molecular weight is 636 g/mol. The summed E-state index contributed by atoms with van der Waals surface area (Å²) in [5.41, 5.74) is 1.10. The van der Waals surface area contributed by atoms with Crippen LogP contribution in [0.4, 0.5) is 0 Å². The van der Waals surface area contributed by atoms with E-state index in [1.54, 1.807) is 19.1 Å². The monoisotopic (exact) mass is 635 g/mol. The van der Waals surface area contributed by atoms with E-state index in [-0.39, 0.29) is 31.4 Å². The van der Waals surface area contributed by atoms with Crippen molar-refractivity contribution in [2.45, 2.75) is 96.8 Å². The number of aldehydes is 1. The highest BCUT2D eigenvalue weighted by Crippen LogP contribution is 2.62. The van der Waals surface area contributed by atoms with Crippen LogP contribution in [0.15, 0.2) is 18.2 Å². The second kappa shape index (κ2) is 12.7. The predicted molar refractivity (Wildman–Crippen MR) is 171 cm³/mol. The zero-order chi connectivity index (χ0) is 32.8. The number of ether oxygens (including phenoxy) is 4. The molecule has 6 rings (SSSR count). The summed E-state index contributed by atoms with van der Waals surface area (Å²) in [7, 11) is 3.19. The molecule has 0 N–H and O–H groups in total. The van der Waals surface area contributed by atoms with E-state index < -0.39 is 35.0 Å². The molecule has 2 bridgehead atoms. The van der Waals surface area contributed by atoms with Crippen molar-refractivity contribution >= 4 is 29.2 Å². The summed E-state index contributed by atoms with van der Waals surface area (Å²) < 4.78 is 24.0. The molecule has 8 atom stereocenters. The minimum absolute atomic E-state index is 0.0371. The third-order valence-corrected chi connectivity index (χ3v) is 11.0. The molecule has 250 valence electrons. The summed E-state index contributed by atoms with van der Waals surface area (Å²) in [5, 5.41) is 0. The number of hydrogen-bond acceptors (Lipinski definition) is 9. The molecular formula is C36H49N3O7. The van der Waals surface area contributed by atoms with Crippen LogP contribution in [-0.2, 0) is 30.3 Å². The van der Waals surface area contributed by atoms with E-state index in [2.05, 4.69) is 6.92 Å². The van der Waals surface area contributed by atoms with E-state index in [4.69, 9.17) is 28.9 Å². The Morgan fingerprint density at radius 1 is 1.11 bits per heavy atom. The number of esters is 1. The second-order valence-corrected chi connectivity index (χ2v) is 15.2. The molecule has 2 saturated carbocycles. The first-order valence-corrected chi connectivity index (χ1v) is 16.9. The minimum Gasteiger partial charge on any atom is -0.497 e. The fourth-order valence-corrected chi connectivity index (χ4v) is 8.44. The van der Waals surface area contributed by atoms with Crippen molar-refractivity contribution in [3.05, 3.63) is 23.9 Å². The molecule has 10 heteroatoms. The zero-order valence-corrected chi connectivity index (χ0v) is 28.1. The van der Waals surface area contributed by atoms with Gasteiger partial charge in [0.15, 0.2) is 0 Å². The van der Waals surface area contributed by atoms with E-state index in [0.29, 0.717) is 41.3 Å². The van der Waals surface area contributed by atoms with Gasteiger partial charge in [0.2, 0.25) is 11.8 Å². The van der Waals surface area contributed by atoms with Gasteiger partial charge in [-0.05, 0) is 68.4 Å². The van der Waals surface area contributed by atoms with Crippen LogP contribution in [0.3, 0.4) is 0 Å². The molecule has 2 aliphatic carbocycles. The smallest absolute Gasteiger partial charge is 0.307 e. The number of fused-ring (bicyclic) bond motifs is 7. The molecular weight excluding hydrogens is 586 g/mol. The van der Waals surface area contributed by atoms with Crippen LogP contribution in [0, 0.1) is 35.0 Å². The number of carbonyl (C=O) groups excluding carboxylic acids is 3. The van der Waals surface area contributed by atoms with E-state index in [9.17, 15) is 14.4 Å². The van der Waals surface area contributed by atoms with Crippen molar-refractivity contribution in [3.63, 3.8) is 0 Å². The maximum Gasteiger partial charge on any atom is 0.307 e. The highest BCUT2D eigenvalue weighted by atomic mass is 16.6. The first kappa shape index (κ1) is 32.7. The highest BCUT2D eigenvalue weighted by Gasteiger charge is 2.60. The molecule has 1 amide bonds. The van der Waals surface area contributed by atoms with Gasteiger partial charge < -0.3 is 28.6 Å². The third kappa shape index (κ3) is 6.34. The van der Waals surface area contributed by atoms with Gasteiger partial charge in [-0.3, -0.25) is 9.59 Å². The van der Waals surface area contributed by atoms with Crippen LogP contribution in [-0.4, -0.2) is 78.1 Å². The molecule has 1 saturated heterocycles. The Balaban J connectivity index is 1.38. The summed E-state index contributed by atoms with van der Waals surface area (Å²) in [6, 6.07) is 4.83. The molecule has 0 radical (unpaired) electrons. The van der Waals surface area contributed by atoms with E-state index in [1.807, 2.05) is 39.0 Å². The number of hydrogen-bond donors (Lipinski definition) is 0. The van der Waals surface area contributed by atoms with Gasteiger partial charge in [-0.25, -0.2) is 9.97 Å². The summed E-state index contributed by atoms with van der Waals surface area (Å²) in [4.78, 5) is 52.2. The van der Waals surface area contributed by atoms with Gasteiger partial charge in [0.1, 0.15) is 29.4 Å². The first-order valence-electron chi connectivity index (χ1n) is 16.9. The summed E-state index contributed by atoms with van der Waals surface area (Å²) >= 11 is 0. The standard InChI is InChI=1S/C36H49N3O7/c1-35(2,3)26-16-32(41)46-36(4)17-21-14-23(21)25(36)10-8-7-9-11-28-33(38-29-15-22(44-6)12-13-27(29)37-28)45-31-18-39(34(26)42)30(19-40)24(31)20-43-5/h12-13,15,19,21,23-26,30-31H,7-11,14,16-18,20H2,1-6H3/t21?,23?,24-,25+,26+,30+,31-,36+/m0/s1. The third-order valence-electron chi connectivity index (χ3n) is 11.0. The summed E-state index contributed by atoms with van der Waals surface area (Å²) in [6.07, 6.45) is 6.95. The Labute approximate surface area is 271 Å². The lowest BCUT2D eigenvalue weighted by Crippen LogP contribution is -2.47. The van der Waals surface area contributed by atoms with Crippen molar-refractivity contribution in [3.8, 4) is 11.6 Å². The normalized spacial score (nSPS) is 33.6. The van der Waals surface area contributed by atoms with Gasteiger partial charge >= 0.3 is 5.97 Å². The van der Waals surface area contributed by atoms with Crippen LogP contribution >= 0.6 is 0 Å². The molecule has 2 aromatic rings. The van der Waals surface area contributed by atoms with E-state index in [1.165, 1.54) is 6.42 Å². The van der Waals surface area contributed by atoms with E-state index >= 15 is 0 Å². The fourth-order valence-electron chi connectivity index (χ4n) is 8.44. The Morgan fingerprint density at radius 3 is 2.63 bits per heavy atom. The molecule has 3 fully saturated rings. The predicted octanol–water partition coefficient (Wildman–Crippen LogP) is 5.18. The Kier molecular flexibility index (Phi) is 9.04. The number of methoxy groups -OCH3 is 2. The van der Waals surface area contributed by atoms with Crippen molar-refractivity contribution in [1.29, 1.82) is 0 Å². The number of aryl methyl sites for hydroxylation is 1. The number of amides is 1. The van der Waals surface area contributed by atoms with Gasteiger partial charge in [-0.2, -0.15) is 0 Å². The lowest BCUT2D eigenvalue weighted by atomic mass is 9.77. The average Bonchev–Trinajstić information content (AvgIpc) is 3.58. The quantitative estimate of drug-likeness (QED) is 0.331. The lowest BCUT2D eigenvalue weighted by Gasteiger charge is -2.37. The second-order valence-electron chi connectivity index (χ2n) is 15.2. The van der Waals surface area contributed by atoms with Gasteiger partial charge in [-0.15, -0.1) is 0 Å². The number of carbonyl (C=O) groups is 3. The zero-order valence-electron chi connectivity index (χ0n) is 28.1. The van der Waals surface area contributed by atoms with Crippen molar-refractivity contribution in [2.24, 2.45) is 35.0 Å². The molecule has 4 aliphatic rings. The lowest BCUT2D eigenvalue weighted by molar-refractivity contribution is -0.168. The van der Waals surface area contributed by atoms with Crippen molar-refractivity contribution in [2.75, 3.05) is 27.4 Å². The van der Waals surface area contributed by atoms with E-state index in [0.717, 1.165) is 49.6 Å². The molecule has 2 aliphatic heterocycles.